The molecule has 0 saturated heterocycles. The van der Waals surface area contributed by atoms with E-state index in [1.165, 1.54) is 0 Å². The lowest BCUT2D eigenvalue weighted by Crippen LogP contribution is -2.19. The van der Waals surface area contributed by atoms with E-state index >= 15 is 0 Å². The highest BCUT2D eigenvalue weighted by Gasteiger charge is 2.16. The highest BCUT2D eigenvalue weighted by Crippen LogP contribution is 2.27. The summed E-state index contributed by atoms with van der Waals surface area (Å²) >= 11 is 0. The number of nitrogens with one attached hydrogen (secondary N) is 1. The van der Waals surface area contributed by atoms with E-state index < -0.39 is 5.91 Å². The van der Waals surface area contributed by atoms with Crippen LogP contribution in [0.1, 0.15) is 22.3 Å². The van der Waals surface area contributed by atoms with Crippen LogP contribution >= 0.6 is 0 Å². The van der Waals surface area contributed by atoms with Crippen molar-refractivity contribution in [3.63, 3.8) is 0 Å². The summed E-state index contributed by atoms with van der Waals surface area (Å²) in [5.74, 6) is -0.414. The molecule has 0 fully saturated rings. The van der Waals surface area contributed by atoms with Crippen LogP contribution in [0.5, 0.6) is 0 Å². The van der Waals surface area contributed by atoms with Gasteiger partial charge in [0.1, 0.15) is 6.33 Å². The minimum atomic E-state index is -0.467. The lowest BCUT2D eigenvalue weighted by molar-refractivity contribution is -0.116. The molecule has 6 heteroatoms. The number of nitrogens with two attached hydrogens (primary N) is 1. The molecule has 3 N–H and O–H groups in total. The smallest absolute Gasteiger partial charge is 0.248 e. The molecule has 0 saturated carbocycles. The Hall–Kier alpha value is -3.15. The molecule has 1 aliphatic heterocycles. The summed E-state index contributed by atoms with van der Waals surface area (Å²) in [7, 11) is 0. The maximum atomic E-state index is 11.4. The average molecular weight is 306 g/mol. The third-order valence-electron chi connectivity index (χ3n) is 4.09. The van der Waals surface area contributed by atoms with Crippen molar-refractivity contribution in [1.82, 2.24) is 9.55 Å². The van der Waals surface area contributed by atoms with Gasteiger partial charge < -0.3 is 11.1 Å². The number of hydrogen-bond donors (Lipinski definition) is 2. The molecule has 2 aromatic carbocycles. The number of anilines is 1. The summed E-state index contributed by atoms with van der Waals surface area (Å²) in [6.07, 6.45) is 2.95. The number of carbonyl (C=O) groups is 2. The van der Waals surface area contributed by atoms with Crippen LogP contribution in [0, 0.1) is 0 Å². The van der Waals surface area contributed by atoms with Crippen molar-refractivity contribution >= 4 is 28.5 Å². The molecule has 23 heavy (non-hydrogen) atoms. The molecule has 0 atom stereocenters. The van der Waals surface area contributed by atoms with Crippen LogP contribution in [0.4, 0.5) is 5.69 Å². The van der Waals surface area contributed by atoms with Crippen LogP contribution in [-0.2, 0) is 11.2 Å². The zero-order chi connectivity index (χ0) is 16.0. The molecule has 114 valence electrons. The standard InChI is InChI=1S/C17H14N4O2/c18-17(23)11-1-5-15-14(8-11)19-9-21(15)12-3-4-13-10(7-12)2-6-16(22)20-13/h1,3-5,7-9H,2,6H2,(H2,18,23)(H,20,22). The topological polar surface area (TPSA) is 90.0 Å². The van der Waals surface area contributed by atoms with E-state index in [4.69, 9.17) is 5.73 Å². The molecular weight excluding hydrogens is 292 g/mol. The van der Waals surface area contributed by atoms with E-state index in [0.717, 1.165) is 28.9 Å². The molecule has 0 bridgehead atoms. The normalized spacial score (nSPS) is 13.7. The second-order valence-corrected chi connectivity index (χ2v) is 5.57. The van der Waals surface area contributed by atoms with E-state index in [1.54, 1.807) is 18.5 Å². The third-order valence-corrected chi connectivity index (χ3v) is 4.09. The lowest BCUT2D eigenvalue weighted by atomic mass is 10.0. The molecule has 3 aromatic rings. The van der Waals surface area contributed by atoms with Crippen LogP contribution in [0.15, 0.2) is 42.7 Å². The van der Waals surface area contributed by atoms with Crippen LogP contribution in [0.3, 0.4) is 0 Å². The first-order valence-electron chi connectivity index (χ1n) is 7.32. The fourth-order valence-electron chi connectivity index (χ4n) is 2.89. The Bertz CT molecular complexity index is 958. The Morgan fingerprint density at radius 1 is 1.17 bits per heavy atom. The number of nitrogens with zero attached hydrogens (tertiary/aromatic N) is 2. The first-order valence-corrected chi connectivity index (χ1v) is 7.32. The summed E-state index contributed by atoms with van der Waals surface area (Å²) in [5, 5.41) is 2.87. The van der Waals surface area contributed by atoms with Gasteiger partial charge in [-0.3, -0.25) is 14.2 Å². The molecule has 4 rings (SSSR count). The number of imidazole rings is 1. The van der Waals surface area contributed by atoms with Crippen LogP contribution in [-0.4, -0.2) is 21.4 Å². The number of primary amides is 1. The van der Waals surface area contributed by atoms with Gasteiger partial charge in [-0.15, -0.1) is 0 Å². The molecule has 6 nitrogen and oxygen atoms in total. The number of hydrogen-bond acceptors (Lipinski definition) is 3. The molecule has 0 aliphatic carbocycles. The number of fused-ring (bicyclic) bond motifs is 2. The summed E-state index contributed by atoms with van der Waals surface area (Å²) in [4.78, 5) is 27.0. The maximum Gasteiger partial charge on any atom is 0.248 e. The highest BCUT2D eigenvalue weighted by atomic mass is 16.2. The van der Waals surface area contributed by atoms with Crippen LogP contribution in [0.2, 0.25) is 0 Å². The fraction of sp³-hybridized carbons (Fsp3) is 0.118. The SMILES string of the molecule is NC(=O)c1ccc2c(c1)ncn2-c1ccc2c(c1)CCC(=O)N2. The van der Waals surface area contributed by atoms with Crippen molar-refractivity contribution in [2.24, 2.45) is 5.73 Å². The minimum absolute atomic E-state index is 0.0531. The van der Waals surface area contributed by atoms with Crippen molar-refractivity contribution in [2.45, 2.75) is 12.8 Å². The van der Waals surface area contributed by atoms with Gasteiger partial charge in [0.15, 0.2) is 0 Å². The predicted molar refractivity (Wildman–Crippen MR) is 86.5 cm³/mol. The van der Waals surface area contributed by atoms with E-state index in [-0.39, 0.29) is 5.91 Å². The van der Waals surface area contributed by atoms with E-state index in [9.17, 15) is 9.59 Å². The molecule has 0 spiro atoms. The van der Waals surface area contributed by atoms with Crippen molar-refractivity contribution in [1.29, 1.82) is 0 Å². The Morgan fingerprint density at radius 2 is 2.04 bits per heavy atom. The Balaban J connectivity index is 1.80. The Kier molecular flexibility index (Phi) is 2.90. The third kappa shape index (κ3) is 2.24. The minimum Gasteiger partial charge on any atom is -0.366 e. The van der Waals surface area contributed by atoms with Crippen molar-refractivity contribution in [2.75, 3.05) is 5.32 Å². The molecule has 1 aliphatic rings. The van der Waals surface area contributed by atoms with Gasteiger partial charge in [-0.2, -0.15) is 0 Å². The quantitative estimate of drug-likeness (QED) is 0.759. The Labute approximate surface area is 131 Å². The predicted octanol–water partition coefficient (Wildman–Crippen LogP) is 2.01. The lowest BCUT2D eigenvalue weighted by Gasteiger charge is -2.18. The van der Waals surface area contributed by atoms with Gasteiger partial charge in [-0.25, -0.2) is 4.98 Å². The fourth-order valence-corrected chi connectivity index (χ4v) is 2.89. The second-order valence-electron chi connectivity index (χ2n) is 5.57. The molecule has 0 radical (unpaired) electrons. The molecule has 2 heterocycles. The number of carbonyl (C=O) groups excluding carboxylic acids is 2. The summed E-state index contributed by atoms with van der Waals surface area (Å²) in [6, 6.07) is 11.1. The summed E-state index contributed by atoms with van der Waals surface area (Å²) < 4.78 is 1.96. The van der Waals surface area contributed by atoms with Gasteiger partial charge in [-0.05, 0) is 48.4 Å². The number of amides is 2. The first kappa shape index (κ1) is 13.5. The maximum absolute atomic E-state index is 11.4. The van der Waals surface area contributed by atoms with Crippen LogP contribution < -0.4 is 11.1 Å². The first-order chi connectivity index (χ1) is 11.1. The monoisotopic (exact) mass is 306 g/mol. The largest absolute Gasteiger partial charge is 0.366 e. The summed E-state index contributed by atoms with van der Waals surface area (Å²) in [6.45, 7) is 0. The molecule has 1 aromatic heterocycles. The van der Waals surface area contributed by atoms with E-state index in [0.29, 0.717) is 17.5 Å². The van der Waals surface area contributed by atoms with E-state index in [1.807, 2.05) is 22.8 Å². The zero-order valence-electron chi connectivity index (χ0n) is 12.2. The highest BCUT2D eigenvalue weighted by molar-refractivity contribution is 5.96. The van der Waals surface area contributed by atoms with Crippen molar-refractivity contribution in [3.05, 3.63) is 53.9 Å². The van der Waals surface area contributed by atoms with Crippen molar-refractivity contribution < 1.29 is 9.59 Å². The summed E-state index contributed by atoms with van der Waals surface area (Å²) in [5.41, 5.74) is 10.3. The molecular formula is C17H14N4O2. The number of benzene rings is 2. The van der Waals surface area contributed by atoms with Gasteiger partial charge in [0.25, 0.3) is 0 Å². The zero-order valence-corrected chi connectivity index (χ0v) is 12.2. The number of aryl methyl sites for hydroxylation is 1. The second kappa shape index (κ2) is 4.95. The van der Waals surface area contributed by atoms with Gasteiger partial charge >= 0.3 is 0 Å². The van der Waals surface area contributed by atoms with Crippen molar-refractivity contribution in [3.8, 4) is 5.69 Å². The Morgan fingerprint density at radius 3 is 2.87 bits per heavy atom. The number of aromatic nitrogens is 2. The van der Waals surface area contributed by atoms with E-state index in [2.05, 4.69) is 16.4 Å². The number of rotatable bonds is 2. The molecule has 0 unspecified atom stereocenters. The molecule has 2 amide bonds. The van der Waals surface area contributed by atoms with Crippen LogP contribution in [0.25, 0.3) is 16.7 Å². The van der Waals surface area contributed by atoms with Gasteiger partial charge in [-0.1, -0.05) is 0 Å². The van der Waals surface area contributed by atoms with Gasteiger partial charge in [0, 0.05) is 23.4 Å². The van der Waals surface area contributed by atoms with Gasteiger partial charge in [0.2, 0.25) is 11.8 Å². The average Bonchev–Trinajstić information content (AvgIpc) is 2.97. The van der Waals surface area contributed by atoms with Gasteiger partial charge in [0.05, 0.1) is 11.0 Å².